The molecule has 0 aliphatic heterocycles. The van der Waals surface area contributed by atoms with Gasteiger partial charge < -0.3 is 0 Å². The fourth-order valence-electron chi connectivity index (χ4n) is 3.44. The highest BCUT2D eigenvalue weighted by Crippen LogP contribution is 2.42. The van der Waals surface area contributed by atoms with Crippen molar-refractivity contribution in [1.82, 2.24) is 0 Å². The Hall–Kier alpha value is 0. The van der Waals surface area contributed by atoms with Gasteiger partial charge in [-0.05, 0) is 24.2 Å². The van der Waals surface area contributed by atoms with E-state index in [-0.39, 0.29) is 0 Å². The summed E-state index contributed by atoms with van der Waals surface area (Å²) in [6.07, 6.45) is 12.2. The molecule has 0 aromatic rings. The smallest absolute Gasteiger partial charge is 0.0360 e. The van der Waals surface area contributed by atoms with E-state index >= 15 is 0 Å². The largest absolute Gasteiger partial charge is 0.0622 e. The average Bonchev–Trinajstić information content (AvgIpc) is 2.53. The Morgan fingerprint density at radius 2 is 1.50 bits per heavy atom. The fraction of sp³-hybridized carbons (Fsp3) is 1.00. The minimum absolute atomic E-state index is 1.05. The van der Waals surface area contributed by atoms with Crippen LogP contribution in [0, 0.1) is 17.8 Å². The molecule has 0 amide bonds. The van der Waals surface area contributed by atoms with Crippen molar-refractivity contribution >= 4 is 0 Å². The van der Waals surface area contributed by atoms with E-state index in [9.17, 15) is 0 Å². The summed E-state index contributed by atoms with van der Waals surface area (Å²) < 4.78 is 0. The third kappa shape index (κ3) is 1.67. The molecule has 2 saturated carbocycles. The first kappa shape index (κ1) is 8.59. The van der Waals surface area contributed by atoms with Crippen LogP contribution in [0.5, 0.6) is 0 Å². The molecule has 2 fully saturated rings. The van der Waals surface area contributed by atoms with Crippen molar-refractivity contribution in [2.45, 2.75) is 58.3 Å². The Morgan fingerprint density at radius 1 is 0.750 bits per heavy atom. The average molecular weight is 166 g/mol. The van der Waals surface area contributed by atoms with Crippen LogP contribution in [0.15, 0.2) is 0 Å². The standard InChI is InChI=1S/C12H22/c1-10-6-5-9-12(10)11-7-3-2-4-8-11/h10-12H,2-9H2,1H3/t10-,12?/m1/s1. The molecule has 2 atom stereocenters. The number of hydrogen-bond donors (Lipinski definition) is 0. The third-order valence-electron chi connectivity index (χ3n) is 4.18. The fourth-order valence-corrected chi connectivity index (χ4v) is 3.44. The van der Waals surface area contributed by atoms with Gasteiger partial charge in [0, 0.05) is 0 Å². The van der Waals surface area contributed by atoms with E-state index in [1.165, 1.54) is 32.1 Å². The first-order valence-electron chi connectivity index (χ1n) is 5.88. The molecule has 0 aromatic carbocycles. The van der Waals surface area contributed by atoms with Crippen molar-refractivity contribution in [3.05, 3.63) is 0 Å². The predicted octanol–water partition coefficient (Wildman–Crippen LogP) is 4.00. The molecule has 2 aliphatic carbocycles. The van der Waals surface area contributed by atoms with Crippen LogP contribution < -0.4 is 0 Å². The van der Waals surface area contributed by atoms with Crippen LogP contribution in [0.2, 0.25) is 0 Å². The van der Waals surface area contributed by atoms with Crippen molar-refractivity contribution < 1.29 is 0 Å². The zero-order valence-electron chi connectivity index (χ0n) is 8.39. The van der Waals surface area contributed by atoms with E-state index in [1.54, 1.807) is 19.3 Å². The maximum absolute atomic E-state index is 2.48. The zero-order chi connectivity index (χ0) is 8.39. The first-order valence-corrected chi connectivity index (χ1v) is 5.88. The van der Waals surface area contributed by atoms with Gasteiger partial charge in [-0.3, -0.25) is 0 Å². The van der Waals surface area contributed by atoms with E-state index < -0.39 is 0 Å². The molecule has 2 rings (SSSR count). The Bertz CT molecular complexity index is 133. The zero-order valence-corrected chi connectivity index (χ0v) is 8.39. The highest BCUT2D eigenvalue weighted by Gasteiger charge is 2.31. The summed E-state index contributed by atoms with van der Waals surface area (Å²) in [5.41, 5.74) is 0. The summed E-state index contributed by atoms with van der Waals surface area (Å²) in [6, 6.07) is 0. The second-order valence-corrected chi connectivity index (χ2v) is 4.97. The molecule has 0 spiro atoms. The molecular formula is C12H22. The van der Waals surface area contributed by atoms with Crippen LogP contribution in [0.1, 0.15) is 58.3 Å². The van der Waals surface area contributed by atoms with Crippen molar-refractivity contribution in [3.63, 3.8) is 0 Å². The minimum atomic E-state index is 1.05. The Labute approximate surface area is 76.7 Å². The molecule has 0 radical (unpaired) electrons. The van der Waals surface area contributed by atoms with Crippen LogP contribution in [-0.2, 0) is 0 Å². The van der Waals surface area contributed by atoms with Gasteiger partial charge in [-0.25, -0.2) is 0 Å². The van der Waals surface area contributed by atoms with Gasteiger partial charge in [-0.1, -0.05) is 51.9 Å². The first-order chi connectivity index (χ1) is 5.88. The van der Waals surface area contributed by atoms with E-state index in [0.717, 1.165) is 17.8 Å². The SMILES string of the molecule is C[C@@H]1CCCC1C1CCCCC1. The van der Waals surface area contributed by atoms with Gasteiger partial charge in [0.1, 0.15) is 0 Å². The molecule has 0 aromatic heterocycles. The normalized spacial score (nSPS) is 38.8. The molecule has 0 saturated heterocycles. The van der Waals surface area contributed by atoms with Crippen LogP contribution in [-0.4, -0.2) is 0 Å². The molecular weight excluding hydrogens is 144 g/mol. The molecule has 0 nitrogen and oxygen atoms in total. The van der Waals surface area contributed by atoms with Crippen molar-refractivity contribution in [2.24, 2.45) is 17.8 Å². The van der Waals surface area contributed by atoms with Crippen LogP contribution in [0.4, 0.5) is 0 Å². The van der Waals surface area contributed by atoms with Crippen LogP contribution in [0.3, 0.4) is 0 Å². The van der Waals surface area contributed by atoms with Crippen LogP contribution in [0.25, 0.3) is 0 Å². The number of hydrogen-bond acceptors (Lipinski definition) is 0. The highest BCUT2D eigenvalue weighted by molar-refractivity contribution is 4.82. The topological polar surface area (TPSA) is 0 Å². The van der Waals surface area contributed by atoms with Crippen LogP contribution >= 0.6 is 0 Å². The summed E-state index contributed by atoms with van der Waals surface area (Å²) in [6.45, 7) is 2.48. The predicted molar refractivity (Wildman–Crippen MR) is 53.1 cm³/mol. The lowest BCUT2D eigenvalue weighted by molar-refractivity contribution is 0.211. The monoisotopic (exact) mass is 166 g/mol. The molecule has 12 heavy (non-hydrogen) atoms. The Morgan fingerprint density at radius 3 is 2.08 bits per heavy atom. The molecule has 0 heteroatoms. The molecule has 1 unspecified atom stereocenters. The molecule has 0 N–H and O–H groups in total. The van der Waals surface area contributed by atoms with E-state index in [0.29, 0.717) is 0 Å². The highest BCUT2D eigenvalue weighted by atomic mass is 14.4. The summed E-state index contributed by atoms with van der Waals surface area (Å²) in [4.78, 5) is 0. The quantitative estimate of drug-likeness (QED) is 0.552. The maximum atomic E-state index is 2.48. The maximum Gasteiger partial charge on any atom is -0.0360 e. The summed E-state index contributed by atoms with van der Waals surface area (Å²) in [7, 11) is 0. The van der Waals surface area contributed by atoms with E-state index in [1.807, 2.05) is 0 Å². The van der Waals surface area contributed by atoms with Gasteiger partial charge in [0.05, 0.1) is 0 Å². The molecule has 70 valence electrons. The minimum Gasteiger partial charge on any atom is -0.0622 e. The van der Waals surface area contributed by atoms with Crippen molar-refractivity contribution in [2.75, 3.05) is 0 Å². The van der Waals surface area contributed by atoms with Gasteiger partial charge in [-0.15, -0.1) is 0 Å². The van der Waals surface area contributed by atoms with Gasteiger partial charge in [-0.2, -0.15) is 0 Å². The Kier molecular flexibility index (Phi) is 2.73. The van der Waals surface area contributed by atoms with Gasteiger partial charge >= 0.3 is 0 Å². The van der Waals surface area contributed by atoms with Gasteiger partial charge in [0.25, 0.3) is 0 Å². The molecule has 0 bridgehead atoms. The lowest BCUT2D eigenvalue weighted by atomic mass is 9.76. The third-order valence-corrected chi connectivity index (χ3v) is 4.18. The van der Waals surface area contributed by atoms with E-state index in [4.69, 9.17) is 0 Å². The second kappa shape index (κ2) is 3.81. The van der Waals surface area contributed by atoms with E-state index in [2.05, 4.69) is 6.92 Å². The molecule has 2 aliphatic rings. The lowest BCUT2D eigenvalue weighted by Gasteiger charge is -2.30. The second-order valence-electron chi connectivity index (χ2n) is 4.97. The summed E-state index contributed by atoms with van der Waals surface area (Å²) in [5, 5.41) is 0. The van der Waals surface area contributed by atoms with Gasteiger partial charge in [0.15, 0.2) is 0 Å². The summed E-state index contributed by atoms with van der Waals surface area (Å²) >= 11 is 0. The number of rotatable bonds is 1. The molecule has 0 heterocycles. The Balaban J connectivity index is 1.89. The van der Waals surface area contributed by atoms with Crippen molar-refractivity contribution in [1.29, 1.82) is 0 Å². The van der Waals surface area contributed by atoms with Gasteiger partial charge in [0.2, 0.25) is 0 Å². The summed E-state index contributed by atoms with van der Waals surface area (Å²) in [5.74, 6) is 3.29. The lowest BCUT2D eigenvalue weighted by Crippen LogP contribution is -2.19. The van der Waals surface area contributed by atoms with Crippen molar-refractivity contribution in [3.8, 4) is 0 Å².